The molecule has 2 aromatic carbocycles. The highest BCUT2D eigenvalue weighted by atomic mass is 28.4. The second-order valence-corrected chi connectivity index (χ2v) is 22.4. The van der Waals surface area contributed by atoms with Gasteiger partial charge < -0.3 is 18.5 Å². The van der Waals surface area contributed by atoms with Crippen LogP contribution in [0.2, 0.25) is 43.8 Å². The van der Waals surface area contributed by atoms with Gasteiger partial charge in [0.1, 0.15) is 19.1 Å². The minimum atomic E-state index is -1.88. The normalized spacial score (nSPS) is 12.9. The molecule has 0 unspecified atom stereocenters. The largest absolute Gasteiger partial charge is 0.487 e. The lowest BCUT2D eigenvalue weighted by molar-refractivity contribution is 0.0853. The van der Waals surface area contributed by atoms with Gasteiger partial charge in [0.15, 0.2) is 8.32 Å². The molecule has 0 spiro atoms. The molecule has 34 heavy (non-hydrogen) atoms. The Bertz CT molecular complexity index is 1060. The highest BCUT2D eigenvalue weighted by Crippen LogP contribution is 2.38. The number of hydrogen-bond donors (Lipinski definition) is 0. The van der Waals surface area contributed by atoms with E-state index < -0.39 is 16.4 Å². The summed E-state index contributed by atoms with van der Waals surface area (Å²) in [7, 11) is -3.02. The van der Waals surface area contributed by atoms with E-state index >= 15 is 0 Å². The first-order chi connectivity index (χ1) is 15.9. The number of hydrogen-bond acceptors (Lipinski definition) is 3. The van der Waals surface area contributed by atoms with Gasteiger partial charge in [0, 0.05) is 25.8 Å². The summed E-state index contributed by atoms with van der Waals surface area (Å²) in [6, 6.07) is 20.0. The highest BCUT2D eigenvalue weighted by molar-refractivity contribution is 6.76. The summed E-state index contributed by atoms with van der Waals surface area (Å²) >= 11 is 0. The molecule has 0 saturated carbocycles. The molecule has 0 bridgehead atoms. The number of benzene rings is 2. The van der Waals surface area contributed by atoms with Crippen molar-refractivity contribution in [2.75, 3.05) is 6.61 Å². The summed E-state index contributed by atoms with van der Waals surface area (Å²) in [5.74, 6) is 0.883. The first kappa shape index (κ1) is 26.7. The van der Waals surface area contributed by atoms with Crippen LogP contribution < -0.4 is 4.74 Å². The van der Waals surface area contributed by atoms with Crippen molar-refractivity contribution in [2.45, 2.75) is 84.5 Å². The van der Waals surface area contributed by atoms with Crippen LogP contribution in [0.15, 0.2) is 54.6 Å². The van der Waals surface area contributed by atoms with Crippen LogP contribution in [-0.2, 0) is 29.1 Å². The molecule has 0 aliphatic rings. The molecular weight excluding hydrogens is 454 g/mol. The van der Waals surface area contributed by atoms with Crippen molar-refractivity contribution in [1.29, 1.82) is 0 Å². The van der Waals surface area contributed by atoms with Crippen molar-refractivity contribution < 1.29 is 13.9 Å². The van der Waals surface area contributed by atoms with Gasteiger partial charge in [0.05, 0.1) is 12.1 Å². The van der Waals surface area contributed by atoms with Gasteiger partial charge in [-0.2, -0.15) is 0 Å². The smallest absolute Gasteiger partial charge is 0.192 e. The Kier molecular flexibility index (Phi) is 8.50. The molecule has 0 saturated heterocycles. The summed E-state index contributed by atoms with van der Waals surface area (Å²) in [6.07, 6.45) is 0. The van der Waals surface area contributed by atoms with Gasteiger partial charge in [-0.15, -0.1) is 0 Å². The van der Waals surface area contributed by atoms with E-state index in [0.717, 1.165) is 40.6 Å². The molecule has 6 heteroatoms. The Morgan fingerprint density at radius 2 is 1.56 bits per heavy atom. The van der Waals surface area contributed by atoms with E-state index in [0.29, 0.717) is 19.9 Å². The lowest BCUT2D eigenvalue weighted by atomic mass is 10.2. The van der Waals surface area contributed by atoms with Crippen LogP contribution in [0.5, 0.6) is 5.75 Å². The summed E-state index contributed by atoms with van der Waals surface area (Å²) in [5.41, 5.74) is 3.38. The van der Waals surface area contributed by atoms with E-state index in [1.54, 1.807) is 0 Å². The zero-order valence-corrected chi connectivity index (χ0v) is 24.4. The Morgan fingerprint density at radius 1 is 0.853 bits per heavy atom. The van der Waals surface area contributed by atoms with E-state index in [2.05, 4.69) is 94.5 Å². The van der Waals surface area contributed by atoms with Crippen molar-refractivity contribution in [3.8, 4) is 5.75 Å². The summed E-state index contributed by atoms with van der Waals surface area (Å²) in [5, 5.41) is 1.33. The minimum Gasteiger partial charge on any atom is -0.487 e. The molecule has 4 nitrogen and oxygen atoms in total. The molecule has 3 rings (SSSR count). The van der Waals surface area contributed by atoms with Crippen molar-refractivity contribution >= 4 is 27.3 Å². The van der Waals surface area contributed by atoms with Crippen LogP contribution in [0.3, 0.4) is 0 Å². The average Bonchev–Trinajstić information content (AvgIpc) is 3.11. The predicted octanol–water partition coefficient (Wildman–Crippen LogP) is 8.05. The predicted molar refractivity (Wildman–Crippen MR) is 149 cm³/mol. The molecule has 0 N–H and O–H groups in total. The molecule has 186 valence electrons. The summed E-state index contributed by atoms with van der Waals surface area (Å²) in [4.78, 5) is 0. The number of nitrogens with zero attached hydrogens (tertiary/aromatic N) is 1. The van der Waals surface area contributed by atoms with E-state index in [-0.39, 0.29) is 5.04 Å². The first-order valence-electron chi connectivity index (χ1n) is 12.4. The van der Waals surface area contributed by atoms with E-state index in [1.807, 2.05) is 18.2 Å². The Labute approximate surface area is 208 Å². The highest BCUT2D eigenvalue weighted by Gasteiger charge is 2.37. The Balaban J connectivity index is 1.89. The van der Waals surface area contributed by atoms with Crippen LogP contribution in [0.4, 0.5) is 0 Å². The van der Waals surface area contributed by atoms with Gasteiger partial charge in [-0.05, 0) is 41.9 Å². The van der Waals surface area contributed by atoms with E-state index in [1.165, 1.54) is 0 Å². The molecule has 3 aromatic rings. The second-order valence-electron chi connectivity index (χ2n) is 11.9. The van der Waals surface area contributed by atoms with Gasteiger partial charge in [-0.1, -0.05) is 82.9 Å². The zero-order chi connectivity index (χ0) is 25.0. The number of aromatic nitrogens is 1. The van der Waals surface area contributed by atoms with Gasteiger partial charge in [0.25, 0.3) is 0 Å². The van der Waals surface area contributed by atoms with Crippen LogP contribution >= 0.6 is 0 Å². The summed E-state index contributed by atoms with van der Waals surface area (Å²) < 4.78 is 21.4. The maximum atomic E-state index is 6.61. The molecule has 1 heterocycles. The first-order valence-corrected chi connectivity index (χ1v) is 19.0. The van der Waals surface area contributed by atoms with E-state index in [9.17, 15) is 0 Å². The summed E-state index contributed by atoms with van der Waals surface area (Å²) in [6.45, 7) is 21.0. The van der Waals surface area contributed by atoms with Crippen molar-refractivity contribution in [1.82, 2.24) is 4.57 Å². The molecule has 0 radical (unpaired) electrons. The molecule has 0 atom stereocenters. The number of fused-ring (bicyclic) bond motifs is 1. The molecule has 0 aliphatic carbocycles. The van der Waals surface area contributed by atoms with E-state index in [4.69, 9.17) is 13.9 Å². The molecule has 0 fully saturated rings. The third-order valence-electron chi connectivity index (χ3n) is 6.81. The molecular formula is C28H43NO3Si2. The van der Waals surface area contributed by atoms with Crippen LogP contribution in [0, 0.1) is 0 Å². The minimum absolute atomic E-state index is 0.168. The Morgan fingerprint density at radius 3 is 2.21 bits per heavy atom. The Hall–Kier alpha value is -1.87. The number of rotatable bonds is 11. The molecule has 0 aliphatic heterocycles. The van der Waals surface area contributed by atoms with Crippen LogP contribution in [0.25, 0.3) is 10.9 Å². The van der Waals surface area contributed by atoms with Gasteiger partial charge >= 0.3 is 0 Å². The lowest BCUT2D eigenvalue weighted by Gasteiger charge is -2.36. The van der Waals surface area contributed by atoms with Crippen LogP contribution in [-0.4, -0.2) is 27.6 Å². The maximum Gasteiger partial charge on any atom is 0.192 e. The monoisotopic (exact) mass is 497 g/mol. The third-order valence-corrected chi connectivity index (χ3v) is 13.0. The fourth-order valence-corrected chi connectivity index (χ4v) is 5.17. The fourth-order valence-electron chi connectivity index (χ4n) is 3.47. The zero-order valence-electron chi connectivity index (χ0n) is 22.4. The maximum absolute atomic E-state index is 6.61. The van der Waals surface area contributed by atoms with Crippen molar-refractivity contribution in [3.63, 3.8) is 0 Å². The third kappa shape index (κ3) is 7.07. The van der Waals surface area contributed by atoms with Crippen molar-refractivity contribution in [3.05, 3.63) is 65.9 Å². The van der Waals surface area contributed by atoms with Gasteiger partial charge in [-0.25, -0.2) is 0 Å². The second kappa shape index (κ2) is 10.8. The molecule has 1 aromatic heterocycles. The topological polar surface area (TPSA) is 32.6 Å². The lowest BCUT2D eigenvalue weighted by Crippen LogP contribution is -2.40. The van der Waals surface area contributed by atoms with Crippen molar-refractivity contribution in [2.24, 2.45) is 0 Å². The average molecular weight is 498 g/mol. The van der Waals surface area contributed by atoms with Gasteiger partial charge in [0.2, 0.25) is 0 Å². The standard InChI is InChI=1S/C28H43NO3Si2/c1-28(2,3)34(7,8)32-21-25-19-24-15-12-16-26(31-20-23-13-10-9-11-14-23)27(24)29(25)22-30-17-18-33(4,5)6/h9-16,19H,17-18,20-22H2,1-8H3. The fraction of sp³-hybridized carbons (Fsp3) is 0.500. The number of para-hydroxylation sites is 1. The quantitative estimate of drug-likeness (QED) is 0.198. The van der Waals surface area contributed by atoms with Gasteiger partial charge in [-0.3, -0.25) is 0 Å². The molecule has 0 amide bonds. The van der Waals surface area contributed by atoms with Crippen LogP contribution in [0.1, 0.15) is 32.0 Å². The SMILES string of the molecule is CC(C)(C)[Si](C)(C)OCc1cc2cccc(OCc3ccccc3)c2n1COCC[Si](C)(C)C. The number of ether oxygens (including phenoxy) is 2.